The Balaban J connectivity index is 1.87. The number of aromatic nitrogens is 2. The monoisotopic (exact) mass is 514 g/mol. The minimum atomic E-state index is -0.324. The highest BCUT2D eigenvalue weighted by molar-refractivity contribution is 6.34. The van der Waals surface area contributed by atoms with Gasteiger partial charge in [0.15, 0.2) is 0 Å². The molecular weight excluding hydrogens is 483 g/mol. The van der Waals surface area contributed by atoms with E-state index in [-0.39, 0.29) is 23.8 Å². The third kappa shape index (κ3) is 6.86. The van der Waals surface area contributed by atoms with Crippen molar-refractivity contribution in [2.45, 2.75) is 52.4 Å². The van der Waals surface area contributed by atoms with Crippen molar-refractivity contribution in [2.24, 2.45) is 0 Å². The van der Waals surface area contributed by atoms with Crippen LogP contribution in [-0.2, 0) is 10.2 Å². The molecule has 8 heteroatoms. The molecule has 0 spiro atoms. The molecule has 0 aliphatic heterocycles. The predicted octanol–water partition coefficient (Wildman–Crippen LogP) is 6.75. The molecule has 1 aromatic heterocycles. The number of carbonyl (C=O) groups is 2. The number of amides is 2. The molecular formula is C27H32Cl2N4O2. The van der Waals surface area contributed by atoms with Gasteiger partial charge in [-0.15, -0.1) is 0 Å². The van der Waals surface area contributed by atoms with E-state index in [0.717, 1.165) is 25.0 Å². The summed E-state index contributed by atoms with van der Waals surface area (Å²) in [5, 5.41) is 8.55. The fourth-order valence-electron chi connectivity index (χ4n) is 3.61. The summed E-state index contributed by atoms with van der Waals surface area (Å²) < 4.78 is 1.64. The zero-order valence-electron chi connectivity index (χ0n) is 20.6. The van der Waals surface area contributed by atoms with Gasteiger partial charge in [-0.05, 0) is 30.7 Å². The predicted molar refractivity (Wildman–Crippen MR) is 143 cm³/mol. The van der Waals surface area contributed by atoms with Gasteiger partial charge in [0, 0.05) is 18.0 Å². The van der Waals surface area contributed by atoms with Crippen molar-refractivity contribution < 1.29 is 9.59 Å². The first-order chi connectivity index (χ1) is 16.6. The summed E-state index contributed by atoms with van der Waals surface area (Å²) in [5.74, 6) is -0.0980. The van der Waals surface area contributed by atoms with Crippen molar-refractivity contribution in [3.63, 3.8) is 0 Å². The summed E-state index contributed by atoms with van der Waals surface area (Å²) in [6.07, 6.45) is 2.76. The van der Waals surface area contributed by atoms with Gasteiger partial charge in [0.05, 0.1) is 27.0 Å². The number of benzene rings is 2. The largest absolute Gasteiger partial charge is 0.329 e. The molecule has 0 aliphatic rings. The zero-order chi connectivity index (χ0) is 25.6. The molecule has 186 valence electrons. The minimum absolute atomic E-state index is 0.105. The van der Waals surface area contributed by atoms with Gasteiger partial charge < -0.3 is 10.2 Å². The Kier molecular flexibility index (Phi) is 8.98. The van der Waals surface area contributed by atoms with Crippen LogP contribution >= 0.6 is 23.2 Å². The summed E-state index contributed by atoms with van der Waals surface area (Å²) in [6, 6.07) is 16.1. The number of carbonyl (C=O) groups excluding carboxylic acids is 2. The van der Waals surface area contributed by atoms with Gasteiger partial charge in [-0.1, -0.05) is 88.0 Å². The molecule has 0 aliphatic carbocycles. The van der Waals surface area contributed by atoms with E-state index in [1.807, 2.05) is 24.3 Å². The Morgan fingerprint density at radius 3 is 2.29 bits per heavy atom. The van der Waals surface area contributed by atoms with Gasteiger partial charge in [-0.3, -0.25) is 9.59 Å². The molecule has 1 N–H and O–H groups in total. The molecule has 1 heterocycles. The molecule has 0 bridgehead atoms. The Hall–Kier alpha value is -2.83. The van der Waals surface area contributed by atoms with Crippen LogP contribution in [0.4, 0.5) is 5.82 Å². The maximum absolute atomic E-state index is 13.2. The van der Waals surface area contributed by atoms with Crippen LogP contribution in [0.15, 0.2) is 54.6 Å². The average molecular weight is 515 g/mol. The Bertz CT molecular complexity index is 1180. The van der Waals surface area contributed by atoms with E-state index in [1.54, 1.807) is 39.9 Å². The normalized spacial score (nSPS) is 11.4. The number of nitrogens with zero attached hydrogens (tertiary/aromatic N) is 3. The summed E-state index contributed by atoms with van der Waals surface area (Å²) in [4.78, 5) is 28.0. The van der Waals surface area contributed by atoms with Crippen LogP contribution in [0.3, 0.4) is 0 Å². The van der Waals surface area contributed by atoms with Crippen LogP contribution < -0.4 is 5.32 Å². The maximum atomic E-state index is 13.2. The fourth-order valence-corrected chi connectivity index (χ4v) is 4.04. The van der Waals surface area contributed by atoms with Gasteiger partial charge in [0.25, 0.3) is 5.91 Å². The van der Waals surface area contributed by atoms with E-state index in [2.05, 4.69) is 33.0 Å². The standard InChI is InChI=1S/C27H32Cl2N4O2/c1-5-6-11-16-32(26(35)19-12-7-8-13-20(19)28)18-25(34)30-24-17-23(27(2,3)4)31-33(24)22-15-10-9-14-21(22)29/h7-10,12-15,17H,5-6,11,16,18H2,1-4H3,(H,30,34). The molecule has 0 fully saturated rings. The molecule has 2 amide bonds. The van der Waals surface area contributed by atoms with Gasteiger partial charge in [-0.25, -0.2) is 4.68 Å². The second kappa shape index (κ2) is 11.7. The molecule has 0 saturated carbocycles. The lowest BCUT2D eigenvalue weighted by Gasteiger charge is -2.23. The Labute approximate surface area is 217 Å². The number of nitrogens with one attached hydrogen (secondary N) is 1. The van der Waals surface area contributed by atoms with E-state index in [0.29, 0.717) is 33.7 Å². The molecule has 0 radical (unpaired) electrons. The van der Waals surface area contributed by atoms with E-state index in [4.69, 9.17) is 28.3 Å². The number of hydrogen-bond acceptors (Lipinski definition) is 3. The van der Waals surface area contributed by atoms with Crippen LogP contribution in [0, 0.1) is 0 Å². The second-order valence-corrected chi connectivity index (χ2v) is 10.3. The highest BCUT2D eigenvalue weighted by Gasteiger charge is 2.24. The summed E-state index contributed by atoms with van der Waals surface area (Å²) >= 11 is 12.7. The summed E-state index contributed by atoms with van der Waals surface area (Å²) in [6.45, 7) is 8.60. The van der Waals surface area contributed by atoms with Crippen molar-refractivity contribution in [1.82, 2.24) is 14.7 Å². The number of unbranched alkanes of at least 4 members (excludes halogenated alkanes) is 2. The number of anilines is 1. The minimum Gasteiger partial charge on any atom is -0.329 e. The van der Waals surface area contributed by atoms with Crippen molar-refractivity contribution >= 4 is 40.8 Å². The van der Waals surface area contributed by atoms with Crippen LogP contribution in [0.1, 0.15) is 63.0 Å². The van der Waals surface area contributed by atoms with Gasteiger partial charge >= 0.3 is 0 Å². The van der Waals surface area contributed by atoms with E-state index < -0.39 is 0 Å². The second-order valence-electron chi connectivity index (χ2n) is 9.49. The summed E-state index contributed by atoms with van der Waals surface area (Å²) in [5.41, 5.74) is 1.61. The summed E-state index contributed by atoms with van der Waals surface area (Å²) in [7, 11) is 0. The van der Waals surface area contributed by atoms with Crippen LogP contribution in [-0.4, -0.2) is 39.6 Å². The van der Waals surface area contributed by atoms with Crippen molar-refractivity contribution in [2.75, 3.05) is 18.4 Å². The van der Waals surface area contributed by atoms with Gasteiger partial charge in [0.1, 0.15) is 12.4 Å². The molecule has 35 heavy (non-hydrogen) atoms. The first-order valence-electron chi connectivity index (χ1n) is 11.8. The highest BCUT2D eigenvalue weighted by Crippen LogP contribution is 2.29. The molecule has 0 unspecified atom stereocenters. The van der Waals surface area contributed by atoms with Crippen LogP contribution in [0.25, 0.3) is 5.69 Å². The molecule has 3 rings (SSSR count). The maximum Gasteiger partial charge on any atom is 0.255 e. The molecule has 6 nitrogen and oxygen atoms in total. The number of hydrogen-bond donors (Lipinski definition) is 1. The van der Waals surface area contributed by atoms with E-state index in [9.17, 15) is 9.59 Å². The lowest BCUT2D eigenvalue weighted by Crippen LogP contribution is -2.39. The molecule has 0 atom stereocenters. The first-order valence-corrected chi connectivity index (χ1v) is 12.6. The molecule has 0 saturated heterocycles. The van der Waals surface area contributed by atoms with E-state index >= 15 is 0 Å². The number of para-hydroxylation sites is 1. The van der Waals surface area contributed by atoms with Crippen molar-refractivity contribution in [3.05, 3.63) is 75.9 Å². The first kappa shape index (κ1) is 26.8. The molecule has 2 aromatic carbocycles. The smallest absolute Gasteiger partial charge is 0.255 e. The molecule has 3 aromatic rings. The van der Waals surface area contributed by atoms with E-state index in [1.165, 1.54) is 0 Å². The highest BCUT2D eigenvalue weighted by atomic mass is 35.5. The number of halogens is 2. The SMILES string of the molecule is CCCCCN(CC(=O)Nc1cc(C(C)(C)C)nn1-c1ccccc1Cl)C(=O)c1ccccc1Cl. The van der Waals surface area contributed by atoms with Gasteiger partial charge in [-0.2, -0.15) is 5.10 Å². The van der Waals surface area contributed by atoms with Crippen LogP contribution in [0.2, 0.25) is 10.0 Å². The van der Waals surface area contributed by atoms with Crippen LogP contribution in [0.5, 0.6) is 0 Å². The Morgan fingerprint density at radius 2 is 1.66 bits per heavy atom. The number of rotatable bonds is 9. The zero-order valence-corrected chi connectivity index (χ0v) is 22.2. The van der Waals surface area contributed by atoms with Crippen molar-refractivity contribution in [1.29, 1.82) is 0 Å². The van der Waals surface area contributed by atoms with Crippen molar-refractivity contribution in [3.8, 4) is 5.69 Å². The third-order valence-electron chi connectivity index (χ3n) is 5.58. The lowest BCUT2D eigenvalue weighted by atomic mass is 9.92. The Morgan fingerprint density at radius 1 is 1.00 bits per heavy atom. The quantitative estimate of drug-likeness (QED) is 0.321. The average Bonchev–Trinajstić information content (AvgIpc) is 3.22. The fraction of sp³-hybridized carbons (Fsp3) is 0.370. The topological polar surface area (TPSA) is 67.2 Å². The third-order valence-corrected chi connectivity index (χ3v) is 6.23. The lowest BCUT2D eigenvalue weighted by molar-refractivity contribution is -0.117. The van der Waals surface area contributed by atoms with Gasteiger partial charge in [0.2, 0.25) is 5.91 Å².